The van der Waals surface area contributed by atoms with Gasteiger partial charge in [-0.05, 0) is 42.8 Å². The number of benzene rings is 2. The number of phenols is 1. The van der Waals surface area contributed by atoms with Crippen molar-refractivity contribution in [3.63, 3.8) is 0 Å². The first-order valence-corrected chi connectivity index (χ1v) is 6.48. The Balaban J connectivity index is 2.26. The van der Waals surface area contributed by atoms with Crippen LogP contribution in [0.2, 0.25) is 0 Å². The Hall–Kier alpha value is -2.75. The molecule has 2 N–H and O–H groups in total. The lowest BCUT2D eigenvalue weighted by Gasteiger charge is -2.04. The Morgan fingerprint density at radius 3 is 2.48 bits per heavy atom. The van der Waals surface area contributed by atoms with Crippen LogP contribution in [-0.2, 0) is 0 Å². The summed E-state index contributed by atoms with van der Waals surface area (Å²) >= 11 is 0. The van der Waals surface area contributed by atoms with Crippen LogP contribution in [0.15, 0.2) is 53.7 Å². The quantitative estimate of drug-likeness (QED) is 0.512. The van der Waals surface area contributed by atoms with Gasteiger partial charge in [0, 0.05) is 5.56 Å². The van der Waals surface area contributed by atoms with Gasteiger partial charge in [-0.2, -0.15) is 0 Å². The summed E-state index contributed by atoms with van der Waals surface area (Å²) in [6.45, 7) is 1.91. The third kappa shape index (κ3) is 3.63. The summed E-state index contributed by atoms with van der Waals surface area (Å²) in [4.78, 5) is 0. The fraction of sp³-hybridized carbons (Fsp3) is 0.118. The van der Waals surface area contributed by atoms with E-state index in [4.69, 9.17) is 9.94 Å². The first kappa shape index (κ1) is 14.7. The number of hydrogen-bond acceptors (Lipinski definition) is 4. The van der Waals surface area contributed by atoms with Gasteiger partial charge in [0.05, 0.1) is 7.11 Å². The van der Waals surface area contributed by atoms with E-state index in [0.29, 0.717) is 11.3 Å². The molecule has 0 heterocycles. The Bertz CT molecular complexity index is 673. The second-order valence-corrected chi connectivity index (χ2v) is 4.61. The van der Waals surface area contributed by atoms with Gasteiger partial charge in [-0.25, -0.2) is 0 Å². The summed E-state index contributed by atoms with van der Waals surface area (Å²) in [7, 11) is 1.61. The number of oxime groups is 1. The van der Waals surface area contributed by atoms with Crippen LogP contribution < -0.4 is 4.74 Å². The normalized spacial score (nSPS) is 11.8. The monoisotopic (exact) mass is 283 g/mol. The van der Waals surface area contributed by atoms with Crippen molar-refractivity contribution in [1.82, 2.24) is 0 Å². The van der Waals surface area contributed by atoms with Crippen LogP contribution in [0.5, 0.6) is 11.5 Å². The van der Waals surface area contributed by atoms with Crippen molar-refractivity contribution in [1.29, 1.82) is 0 Å². The molecule has 0 radical (unpaired) electrons. The first-order valence-electron chi connectivity index (χ1n) is 6.48. The van der Waals surface area contributed by atoms with Gasteiger partial charge in [-0.15, -0.1) is 0 Å². The number of methoxy groups -OCH3 is 1. The van der Waals surface area contributed by atoms with Crippen LogP contribution >= 0.6 is 0 Å². The molecule has 0 unspecified atom stereocenters. The summed E-state index contributed by atoms with van der Waals surface area (Å²) in [5, 5.41) is 22.3. The van der Waals surface area contributed by atoms with Crippen molar-refractivity contribution in [2.75, 3.05) is 7.11 Å². The number of allylic oxidation sites excluding steroid dienone is 1. The summed E-state index contributed by atoms with van der Waals surface area (Å²) in [6, 6.07) is 12.6. The first-order chi connectivity index (χ1) is 10.1. The molecule has 21 heavy (non-hydrogen) atoms. The van der Waals surface area contributed by atoms with E-state index in [9.17, 15) is 5.11 Å². The zero-order chi connectivity index (χ0) is 15.2. The zero-order valence-electron chi connectivity index (χ0n) is 11.9. The van der Waals surface area contributed by atoms with Gasteiger partial charge in [0.15, 0.2) is 0 Å². The number of ether oxygens (including phenoxy) is 1. The fourth-order valence-corrected chi connectivity index (χ4v) is 1.92. The fourth-order valence-electron chi connectivity index (χ4n) is 1.92. The minimum atomic E-state index is 0.0766. The molecule has 0 saturated heterocycles. The SMILES string of the molecule is COc1ccc(C=CC(=NO)c2cc(C)ccc2O)cc1. The Morgan fingerprint density at radius 1 is 1.14 bits per heavy atom. The zero-order valence-corrected chi connectivity index (χ0v) is 11.9. The lowest BCUT2D eigenvalue weighted by Crippen LogP contribution is -1.98. The second-order valence-electron chi connectivity index (χ2n) is 4.61. The molecular weight excluding hydrogens is 266 g/mol. The molecule has 0 aromatic heterocycles. The number of aryl methyl sites for hydroxylation is 1. The minimum Gasteiger partial charge on any atom is -0.507 e. The van der Waals surface area contributed by atoms with Gasteiger partial charge in [-0.3, -0.25) is 0 Å². The molecule has 0 amide bonds. The molecule has 0 aliphatic heterocycles. The number of phenolic OH excluding ortho intramolecular Hbond substituents is 1. The van der Waals surface area contributed by atoms with E-state index < -0.39 is 0 Å². The van der Waals surface area contributed by atoms with Gasteiger partial charge in [-0.1, -0.05) is 35.0 Å². The Labute approximate surface area is 123 Å². The summed E-state index contributed by atoms with van der Waals surface area (Å²) in [5.41, 5.74) is 2.69. The molecule has 4 heteroatoms. The largest absolute Gasteiger partial charge is 0.507 e. The molecule has 0 aliphatic carbocycles. The molecule has 0 aliphatic rings. The molecule has 2 aromatic rings. The predicted molar refractivity (Wildman–Crippen MR) is 83.2 cm³/mol. The highest BCUT2D eigenvalue weighted by molar-refractivity contribution is 6.12. The second kappa shape index (κ2) is 6.61. The van der Waals surface area contributed by atoms with Crippen LogP contribution in [0, 0.1) is 6.92 Å². The van der Waals surface area contributed by atoms with Crippen molar-refractivity contribution in [3.05, 3.63) is 65.2 Å². The highest BCUT2D eigenvalue weighted by atomic mass is 16.5. The average molecular weight is 283 g/mol. The summed E-state index contributed by atoms with van der Waals surface area (Å²) in [6.07, 6.45) is 3.45. The average Bonchev–Trinajstić information content (AvgIpc) is 2.51. The number of nitrogens with zero attached hydrogens (tertiary/aromatic N) is 1. The maximum atomic E-state index is 9.86. The number of aromatic hydroxyl groups is 1. The maximum absolute atomic E-state index is 9.86. The van der Waals surface area contributed by atoms with Crippen LogP contribution in [0.3, 0.4) is 0 Å². The summed E-state index contributed by atoms with van der Waals surface area (Å²) < 4.78 is 5.09. The molecule has 2 aromatic carbocycles. The molecule has 0 spiro atoms. The van der Waals surface area contributed by atoms with Gasteiger partial charge in [0.25, 0.3) is 0 Å². The van der Waals surface area contributed by atoms with Crippen molar-refractivity contribution >= 4 is 11.8 Å². The van der Waals surface area contributed by atoms with E-state index in [1.54, 1.807) is 37.5 Å². The van der Waals surface area contributed by atoms with Gasteiger partial charge in [0.1, 0.15) is 17.2 Å². The van der Waals surface area contributed by atoms with E-state index in [0.717, 1.165) is 16.9 Å². The number of rotatable bonds is 4. The molecule has 0 fully saturated rings. The predicted octanol–water partition coefficient (Wildman–Crippen LogP) is 3.60. The van der Waals surface area contributed by atoms with Crippen LogP contribution in [0.4, 0.5) is 0 Å². The van der Waals surface area contributed by atoms with Gasteiger partial charge >= 0.3 is 0 Å². The number of hydrogen-bond donors (Lipinski definition) is 2. The molecule has 0 saturated carbocycles. The third-order valence-corrected chi connectivity index (χ3v) is 3.09. The van der Waals surface area contributed by atoms with Crippen molar-refractivity contribution in [2.45, 2.75) is 6.92 Å². The lowest BCUT2D eigenvalue weighted by molar-refractivity contribution is 0.319. The van der Waals surface area contributed by atoms with Gasteiger partial charge < -0.3 is 15.1 Å². The van der Waals surface area contributed by atoms with Crippen LogP contribution in [-0.4, -0.2) is 23.1 Å². The van der Waals surface area contributed by atoms with Crippen LogP contribution in [0.1, 0.15) is 16.7 Å². The Kier molecular flexibility index (Phi) is 4.61. The minimum absolute atomic E-state index is 0.0766. The highest BCUT2D eigenvalue weighted by Gasteiger charge is 2.07. The van der Waals surface area contributed by atoms with Crippen molar-refractivity contribution < 1.29 is 15.1 Å². The third-order valence-electron chi connectivity index (χ3n) is 3.09. The molecule has 0 bridgehead atoms. The van der Waals surface area contributed by atoms with E-state index in [1.807, 2.05) is 31.2 Å². The Morgan fingerprint density at radius 2 is 1.86 bits per heavy atom. The molecule has 2 rings (SSSR count). The van der Waals surface area contributed by atoms with E-state index in [2.05, 4.69) is 5.16 Å². The molecule has 0 atom stereocenters. The molecular formula is C17H17NO3. The van der Waals surface area contributed by atoms with E-state index >= 15 is 0 Å². The summed E-state index contributed by atoms with van der Waals surface area (Å²) in [5.74, 6) is 0.854. The van der Waals surface area contributed by atoms with Crippen LogP contribution in [0.25, 0.3) is 6.08 Å². The van der Waals surface area contributed by atoms with Crippen molar-refractivity contribution in [2.24, 2.45) is 5.16 Å². The lowest BCUT2D eigenvalue weighted by atomic mass is 10.0. The van der Waals surface area contributed by atoms with Crippen molar-refractivity contribution in [3.8, 4) is 11.5 Å². The van der Waals surface area contributed by atoms with Gasteiger partial charge in [0.2, 0.25) is 0 Å². The smallest absolute Gasteiger partial charge is 0.125 e. The highest BCUT2D eigenvalue weighted by Crippen LogP contribution is 2.20. The van der Waals surface area contributed by atoms with E-state index in [-0.39, 0.29) is 5.75 Å². The molecule has 4 nitrogen and oxygen atoms in total. The van der Waals surface area contributed by atoms with E-state index in [1.165, 1.54) is 0 Å². The maximum Gasteiger partial charge on any atom is 0.125 e. The standard InChI is InChI=1S/C17H17NO3/c1-12-3-10-17(19)15(11-12)16(18-20)9-6-13-4-7-14(21-2)8-5-13/h3-11,19-20H,1-2H3. The molecule has 108 valence electrons. The topological polar surface area (TPSA) is 62.0 Å².